The van der Waals surface area contributed by atoms with Crippen molar-refractivity contribution in [2.75, 3.05) is 27.2 Å². The molecule has 126 valence electrons. The summed E-state index contributed by atoms with van der Waals surface area (Å²) >= 11 is 0. The summed E-state index contributed by atoms with van der Waals surface area (Å²) in [6.07, 6.45) is 3.19. The van der Waals surface area contributed by atoms with Crippen LogP contribution in [-0.2, 0) is 6.42 Å². The summed E-state index contributed by atoms with van der Waals surface area (Å²) in [7, 11) is 4.22. The van der Waals surface area contributed by atoms with Gasteiger partial charge in [-0.15, -0.1) is 12.4 Å². The first-order valence-corrected chi connectivity index (χ1v) is 8.06. The lowest BCUT2D eigenvalue weighted by Crippen LogP contribution is -2.13. The van der Waals surface area contributed by atoms with Gasteiger partial charge in [0.15, 0.2) is 0 Å². The molecule has 0 aliphatic heterocycles. The predicted molar refractivity (Wildman–Crippen MR) is 101 cm³/mol. The molecule has 0 bridgehead atoms. The molecule has 2 aromatic rings. The topological polar surface area (TPSA) is 12.5 Å². The SMILES string of the molecule is Cc1ccc(OCCCCN(C)C)c(Cc2ccccc2)c1.Cl. The van der Waals surface area contributed by atoms with Crippen LogP contribution in [0.3, 0.4) is 0 Å². The number of halogens is 1. The molecule has 23 heavy (non-hydrogen) atoms. The minimum absolute atomic E-state index is 0. The minimum Gasteiger partial charge on any atom is -0.493 e. The molecular weight excluding hydrogens is 306 g/mol. The highest BCUT2D eigenvalue weighted by atomic mass is 35.5. The maximum atomic E-state index is 6.03. The minimum atomic E-state index is 0. The number of unbranched alkanes of at least 4 members (excludes halogenated alkanes) is 1. The van der Waals surface area contributed by atoms with Gasteiger partial charge in [-0.2, -0.15) is 0 Å². The summed E-state index contributed by atoms with van der Waals surface area (Å²) < 4.78 is 6.03. The fraction of sp³-hybridized carbons (Fsp3) is 0.400. The van der Waals surface area contributed by atoms with Crippen molar-refractivity contribution in [1.82, 2.24) is 4.90 Å². The molecule has 0 aliphatic rings. The van der Waals surface area contributed by atoms with Crippen LogP contribution in [0.2, 0.25) is 0 Å². The van der Waals surface area contributed by atoms with Crippen molar-refractivity contribution in [3.63, 3.8) is 0 Å². The van der Waals surface area contributed by atoms with Crippen LogP contribution in [-0.4, -0.2) is 32.1 Å². The molecule has 2 rings (SSSR count). The molecule has 0 saturated carbocycles. The van der Waals surface area contributed by atoms with E-state index in [0.29, 0.717) is 0 Å². The van der Waals surface area contributed by atoms with E-state index in [2.05, 4.69) is 74.4 Å². The van der Waals surface area contributed by atoms with Crippen molar-refractivity contribution < 1.29 is 4.74 Å². The molecule has 0 spiro atoms. The van der Waals surface area contributed by atoms with Gasteiger partial charge < -0.3 is 9.64 Å². The number of rotatable bonds is 8. The zero-order valence-corrected chi connectivity index (χ0v) is 15.2. The summed E-state index contributed by atoms with van der Waals surface area (Å²) in [6, 6.07) is 17.1. The Bertz CT molecular complexity index is 569. The second-order valence-electron chi connectivity index (χ2n) is 6.13. The molecule has 0 fully saturated rings. The van der Waals surface area contributed by atoms with Crippen LogP contribution in [0.25, 0.3) is 0 Å². The standard InChI is InChI=1S/C20H27NO.ClH/c1-17-11-12-20(22-14-8-7-13-21(2)3)19(15-17)16-18-9-5-4-6-10-18;/h4-6,9-12,15H,7-8,13-14,16H2,1-3H3;1H. The molecule has 0 aliphatic carbocycles. The monoisotopic (exact) mass is 333 g/mol. The highest BCUT2D eigenvalue weighted by Gasteiger charge is 2.05. The number of aryl methyl sites for hydroxylation is 1. The maximum absolute atomic E-state index is 6.03. The van der Waals surface area contributed by atoms with E-state index in [-0.39, 0.29) is 12.4 Å². The first kappa shape index (κ1) is 19.5. The lowest BCUT2D eigenvalue weighted by Gasteiger charge is -2.13. The van der Waals surface area contributed by atoms with E-state index in [1.54, 1.807) is 0 Å². The molecule has 3 heteroatoms. The van der Waals surface area contributed by atoms with E-state index >= 15 is 0 Å². The van der Waals surface area contributed by atoms with Crippen LogP contribution in [0.5, 0.6) is 5.75 Å². The van der Waals surface area contributed by atoms with Gasteiger partial charge in [-0.05, 0) is 57.6 Å². The number of ether oxygens (including phenoxy) is 1. The van der Waals surface area contributed by atoms with Crippen molar-refractivity contribution >= 4 is 12.4 Å². The molecule has 2 nitrogen and oxygen atoms in total. The third-order valence-corrected chi connectivity index (χ3v) is 3.71. The van der Waals surface area contributed by atoms with E-state index < -0.39 is 0 Å². The van der Waals surface area contributed by atoms with Gasteiger partial charge in [0.2, 0.25) is 0 Å². The molecule has 2 aromatic carbocycles. The average Bonchev–Trinajstić information content (AvgIpc) is 2.49. The Morgan fingerprint density at radius 3 is 2.39 bits per heavy atom. The smallest absolute Gasteiger partial charge is 0.122 e. The number of benzene rings is 2. The lowest BCUT2D eigenvalue weighted by molar-refractivity contribution is 0.291. The number of nitrogens with zero attached hydrogens (tertiary/aromatic N) is 1. The second kappa shape index (κ2) is 10.3. The van der Waals surface area contributed by atoms with Crippen LogP contribution in [0.15, 0.2) is 48.5 Å². The number of hydrogen-bond acceptors (Lipinski definition) is 2. The molecule has 0 unspecified atom stereocenters. The van der Waals surface area contributed by atoms with Gasteiger partial charge in [0.25, 0.3) is 0 Å². The summed E-state index contributed by atoms with van der Waals surface area (Å²) in [4.78, 5) is 2.21. The Morgan fingerprint density at radius 1 is 0.957 bits per heavy atom. The number of hydrogen-bond donors (Lipinski definition) is 0. The van der Waals surface area contributed by atoms with Gasteiger partial charge in [0, 0.05) is 6.42 Å². The largest absolute Gasteiger partial charge is 0.493 e. The quantitative estimate of drug-likeness (QED) is 0.648. The third-order valence-electron chi connectivity index (χ3n) is 3.71. The van der Waals surface area contributed by atoms with E-state index in [1.807, 2.05) is 0 Å². The van der Waals surface area contributed by atoms with Gasteiger partial charge in [0.05, 0.1) is 6.61 Å². The molecular formula is C20H28ClNO. The Kier molecular flexibility index (Phi) is 8.75. The van der Waals surface area contributed by atoms with Crippen LogP contribution in [0, 0.1) is 6.92 Å². The van der Waals surface area contributed by atoms with E-state index in [9.17, 15) is 0 Å². The Labute approximate surface area is 146 Å². The van der Waals surface area contributed by atoms with Gasteiger partial charge in [-0.3, -0.25) is 0 Å². The third kappa shape index (κ3) is 7.06. The van der Waals surface area contributed by atoms with Gasteiger partial charge in [-0.25, -0.2) is 0 Å². The normalized spacial score (nSPS) is 10.4. The second-order valence-corrected chi connectivity index (χ2v) is 6.13. The van der Waals surface area contributed by atoms with E-state index in [1.165, 1.54) is 23.1 Å². The first-order valence-electron chi connectivity index (χ1n) is 8.06. The van der Waals surface area contributed by atoms with Gasteiger partial charge >= 0.3 is 0 Å². The molecule has 0 N–H and O–H groups in total. The molecule has 0 radical (unpaired) electrons. The van der Waals surface area contributed by atoms with Crippen molar-refractivity contribution in [2.24, 2.45) is 0 Å². The predicted octanol–water partition coefficient (Wildman–Crippen LogP) is 4.73. The van der Waals surface area contributed by atoms with Crippen molar-refractivity contribution in [2.45, 2.75) is 26.2 Å². The highest BCUT2D eigenvalue weighted by molar-refractivity contribution is 5.85. The Hall–Kier alpha value is -1.51. The van der Waals surface area contributed by atoms with Gasteiger partial charge in [-0.1, -0.05) is 48.0 Å². The summed E-state index contributed by atoms with van der Waals surface area (Å²) in [6.45, 7) is 4.04. The lowest BCUT2D eigenvalue weighted by atomic mass is 10.0. The Morgan fingerprint density at radius 2 is 1.70 bits per heavy atom. The van der Waals surface area contributed by atoms with Crippen LogP contribution >= 0.6 is 12.4 Å². The van der Waals surface area contributed by atoms with Crippen LogP contribution in [0.4, 0.5) is 0 Å². The zero-order valence-electron chi connectivity index (χ0n) is 14.4. The molecule has 0 saturated heterocycles. The summed E-state index contributed by atoms with van der Waals surface area (Å²) in [5, 5.41) is 0. The van der Waals surface area contributed by atoms with Crippen molar-refractivity contribution in [3.05, 3.63) is 65.2 Å². The highest BCUT2D eigenvalue weighted by Crippen LogP contribution is 2.23. The molecule has 0 atom stereocenters. The van der Waals surface area contributed by atoms with E-state index in [4.69, 9.17) is 4.74 Å². The van der Waals surface area contributed by atoms with E-state index in [0.717, 1.165) is 31.7 Å². The van der Waals surface area contributed by atoms with Crippen LogP contribution in [0.1, 0.15) is 29.5 Å². The fourth-order valence-corrected chi connectivity index (χ4v) is 2.52. The molecule has 0 amide bonds. The average molecular weight is 334 g/mol. The maximum Gasteiger partial charge on any atom is 0.122 e. The zero-order chi connectivity index (χ0) is 15.8. The van der Waals surface area contributed by atoms with Crippen LogP contribution < -0.4 is 4.74 Å². The fourth-order valence-electron chi connectivity index (χ4n) is 2.52. The molecule has 0 heterocycles. The Balaban J connectivity index is 0.00000264. The molecule has 0 aromatic heterocycles. The van der Waals surface area contributed by atoms with Gasteiger partial charge in [0.1, 0.15) is 5.75 Å². The summed E-state index contributed by atoms with van der Waals surface area (Å²) in [5.74, 6) is 1.03. The van der Waals surface area contributed by atoms with Crippen molar-refractivity contribution in [3.8, 4) is 5.75 Å². The van der Waals surface area contributed by atoms with Crippen molar-refractivity contribution in [1.29, 1.82) is 0 Å². The first-order chi connectivity index (χ1) is 10.6. The summed E-state index contributed by atoms with van der Waals surface area (Å²) in [5.41, 5.74) is 3.88.